The molecule has 2 atom stereocenters. The molecule has 0 saturated carbocycles. The molecule has 1 aromatic rings. The highest BCUT2D eigenvalue weighted by atomic mass is 16.5. The maximum atomic E-state index is 10.6. The summed E-state index contributed by atoms with van der Waals surface area (Å²) in [4.78, 5) is 15.0. The van der Waals surface area contributed by atoms with Gasteiger partial charge in [-0.05, 0) is 38.6 Å². The van der Waals surface area contributed by atoms with Gasteiger partial charge in [0, 0.05) is 31.9 Å². The number of ether oxygens (including phenoxy) is 1. The smallest absolute Gasteiger partial charge is 0.304 e. The first-order valence-corrected chi connectivity index (χ1v) is 7.83. The van der Waals surface area contributed by atoms with Crippen LogP contribution in [0.4, 0.5) is 5.69 Å². The average molecular weight is 306 g/mol. The minimum Gasteiger partial charge on any atom is -0.481 e. The number of anilines is 1. The Morgan fingerprint density at radius 2 is 2.05 bits per heavy atom. The molecule has 1 heterocycles. The molecule has 1 saturated heterocycles. The molecule has 0 amide bonds. The Morgan fingerprint density at radius 1 is 1.36 bits per heavy atom. The summed E-state index contributed by atoms with van der Waals surface area (Å²) in [5, 5.41) is 8.75. The SMILES string of the molecule is CC1CN(c2cccc(CN(C)CCC(=O)O)c2)CC(C)O1. The molecule has 1 fully saturated rings. The van der Waals surface area contributed by atoms with Gasteiger partial charge >= 0.3 is 5.97 Å². The molecule has 5 nitrogen and oxygen atoms in total. The van der Waals surface area contributed by atoms with Gasteiger partial charge in [-0.1, -0.05) is 12.1 Å². The molecule has 122 valence electrons. The van der Waals surface area contributed by atoms with E-state index in [1.54, 1.807) is 0 Å². The van der Waals surface area contributed by atoms with Gasteiger partial charge in [-0.2, -0.15) is 0 Å². The molecule has 0 bridgehead atoms. The van der Waals surface area contributed by atoms with Crippen LogP contribution >= 0.6 is 0 Å². The summed E-state index contributed by atoms with van der Waals surface area (Å²) in [5.74, 6) is -0.753. The number of benzene rings is 1. The van der Waals surface area contributed by atoms with Gasteiger partial charge in [0.05, 0.1) is 18.6 Å². The predicted molar refractivity (Wildman–Crippen MR) is 87.3 cm³/mol. The number of carbonyl (C=O) groups is 1. The molecule has 1 N–H and O–H groups in total. The van der Waals surface area contributed by atoms with Crippen molar-refractivity contribution in [3.05, 3.63) is 29.8 Å². The van der Waals surface area contributed by atoms with Crippen LogP contribution in [0.2, 0.25) is 0 Å². The lowest BCUT2D eigenvalue weighted by Crippen LogP contribution is -2.45. The van der Waals surface area contributed by atoms with Gasteiger partial charge in [-0.3, -0.25) is 4.79 Å². The topological polar surface area (TPSA) is 53.0 Å². The van der Waals surface area contributed by atoms with E-state index in [0.29, 0.717) is 6.54 Å². The number of morpholine rings is 1. The monoisotopic (exact) mass is 306 g/mol. The molecule has 1 aliphatic rings. The molecule has 1 aromatic carbocycles. The van der Waals surface area contributed by atoms with E-state index in [4.69, 9.17) is 9.84 Å². The van der Waals surface area contributed by atoms with Gasteiger partial charge in [-0.25, -0.2) is 0 Å². The summed E-state index contributed by atoms with van der Waals surface area (Å²) in [6.45, 7) is 7.34. The van der Waals surface area contributed by atoms with E-state index < -0.39 is 5.97 Å². The fourth-order valence-electron chi connectivity index (χ4n) is 2.92. The molecule has 0 aromatic heterocycles. The molecule has 0 radical (unpaired) electrons. The van der Waals surface area contributed by atoms with Crippen molar-refractivity contribution in [2.75, 3.05) is 31.6 Å². The summed E-state index contributed by atoms with van der Waals surface area (Å²) in [6, 6.07) is 8.49. The second-order valence-electron chi connectivity index (χ2n) is 6.21. The summed E-state index contributed by atoms with van der Waals surface area (Å²) >= 11 is 0. The first-order valence-electron chi connectivity index (χ1n) is 7.83. The third-order valence-corrected chi connectivity index (χ3v) is 3.86. The number of carboxylic acids is 1. The number of rotatable bonds is 6. The molecule has 0 spiro atoms. The van der Waals surface area contributed by atoms with Crippen molar-refractivity contribution < 1.29 is 14.6 Å². The van der Waals surface area contributed by atoms with Crippen molar-refractivity contribution in [2.24, 2.45) is 0 Å². The van der Waals surface area contributed by atoms with Gasteiger partial charge in [0.2, 0.25) is 0 Å². The molecule has 1 aliphatic heterocycles. The molecule has 5 heteroatoms. The van der Waals surface area contributed by atoms with Crippen molar-refractivity contribution in [2.45, 2.75) is 39.0 Å². The number of hydrogen-bond donors (Lipinski definition) is 1. The van der Waals surface area contributed by atoms with Crippen LogP contribution in [0.3, 0.4) is 0 Å². The standard InChI is InChI=1S/C17H26N2O3/c1-13-10-19(11-14(2)22-13)16-6-4-5-15(9-16)12-18(3)8-7-17(20)21/h4-6,9,13-14H,7-8,10-12H2,1-3H3,(H,20,21). The zero-order valence-electron chi connectivity index (χ0n) is 13.7. The highest BCUT2D eigenvalue weighted by Crippen LogP contribution is 2.22. The third-order valence-electron chi connectivity index (χ3n) is 3.86. The van der Waals surface area contributed by atoms with E-state index in [1.807, 2.05) is 11.9 Å². The van der Waals surface area contributed by atoms with Gasteiger partial charge < -0.3 is 19.6 Å². The van der Waals surface area contributed by atoms with Crippen molar-refractivity contribution in [3.63, 3.8) is 0 Å². The van der Waals surface area contributed by atoms with Crippen molar-refractivity contribution in [1.29, 1.82) is 0 Å². The Kier molecular flexibility index (Phi) is 5.80. The van der Waals surface area contributed by atoms with E-state index in [2.05, 4.69) is 43.0 Å². The van der Waals surface area contributed by atoms with Crippen LogP contribution in [0.5, 0.6) is 0 Å². The Morgan fingerprint density at radius 3 is 2.68 bits per heavy atom. The fraction of sp³-hybridized carbons (Fsp3) is 0.588. The fourth-order valence-corrected chi connectivity index (χ4v) is 2.92. The third kappa shape index (κ3) is 5.00. The maximum Gasteiger partial charge on any atom is 0.304 e. The molecule has 0 aliphatic carbocycles. The van der Waals surface area contributed by atoms with Crippen molar-refractivity contribution >= 4 is 11.7 Å². The van der Waals surface area contributed by atoms with Gasteiger partial charge in [0.1, 0.15) is 0 Å². The van der Waals surface area contributed by atoms with Crippen LogP contribution in [0, 0.1) is 0 Å². The Hall–Kier alpha value is -1.59. The van der Waals surface area contributed by atoms with Crippen LogP contribution < -0.4 is 4.90 Å². The summed E-state index contributed by atoms with van der Waals surface area (Å²) in [5.41, 5.74) is 2.42. The first-order chi connectivity index (χ1) is 10.4. The lowest BCUT2D eigenvalue weighted by molar-refractivity contribution is -0.137. The lowest BCUT2D eigenvalue weighted by atomic mass is 10.1. The zero-order valence-corrected chi connectivity index (χ0v) is 13.7. The van der Waals surface area contributed by atoms with Crippen molar-refractivity contribution in [1.82, 2.24) is 4.90 Å². The van der Waals surface area contributed by atoms with Crippen LogP contribution in [-0.4, -0.2) is 54.9 Å². The summed E-state index contributed by atoms with van der Waals surface area (Å²) < 4.78 is 5.78. The Balaban J connectivity index is 1.98. The van der Waals surface area contributed by atoms with E-state index in [9.17, 15) is 4.79 Å². The lowest BCUT2D eigenvalue weighted by Gasteiger charge is -2.37. The van der Waals surface area contributed by atoms with Gasteiger partial charge in [-0.15, -0.1) is 0 Å². The second-order valence-corrected chi connectivity index (χ2v) is 6.21. The summed E-state index contributed by atoms with van der Waals surface area (Å²) in [6.07, 6.45) is 0.658. The van der Waals surface area contributed by atoms with Crippen LogP contribution in [-0.2, 0) is 16.1 Å². The van der Waals surface area contributed by atoms with Crippen LogP contribution in [0.15, 0.2) is 24.3 Å². The molecular weight excluding hydrogens is 280 g/mol. The quantitative estimate of drug-likeness (QED) is 0.873. The normalized spacial score (nSPS) is 22.1. The zero-order chi connectivity index (χ0) is 16.1. The van der Waals surface area contributed by atoms with E-state index >= 15 is 0 Å². The van der Waals surface area contributed by atoms with E-state index in [0.717, 1.165) is 19.6 Å². The Bertz CT molecular complexity index is 496. The minimum atomic E-state index is -0.753. The Labute approximate surface area is 132 Å². The largest absolute Gasteiger partial charge is 0.481 e. The highest BCUT2D eigenvalue weighted by Gasteiger charge is 2.22. The number of aliphatic carboxylic acids is 1. The first kappa shape index (κ1) is 16.8. The number of carboxylic acid groups (broad SMARTS) is 1. The number of nitrogens with zero attached hydrogens (tertiary/aromatic N) is 2. The van der Waals surface area contributed by atoms with Gasteiger partial charge in [0.15, 0.2) is 0 Å². The van der Waals surface area contributed by atoms with Crippen LogP contribution in [0.25, 0.3) is 0 Å². The summed E-state index contributed by atoms with van der Waals surface area (Å²) in [7, 11) is 1.95. The molecule has 22 heavy (non-hydrogen) atoms. The highest BCUT2D eigenvalue weighted by molar-refractivity contribution is 5.66. The van der Waals surface area contributed by atoms with Crippen LogP contribution in [0.1, 0.15) is 25.8 Å². The molecule has 2 rings (SSSR count). The molecule has 2 unspecified atom stereocenters. The number of hydrogen-bond acceptors (Lipinski definition) is 4. The molecular formula is C17H26N2O3. The van der Waals surface area contributed by atoms with E-state index in [1.165, 1.54) is 11.3 Å². The second kappa shape index (κ2) is 7.61. The maximum absolute atomic E-state index is 10.6. The van der Waals surface area contributed by atoms with Crippen molar-refractivity contribution in [3.8, 4) is 0 Å². The predicted octanol–water partition coefficient (Wildman–Crippen LogP) is 2.21. The van der Waals surface area contributed by atoms with Gasteiger partial charge in [0.25, 0.3) is 0 Å². The van der Waals surface area contributed by atoms with E-state index in [-0.39, 0.29) is 18.6 Å². The average Bonchev–Trinajstić information content (AvgIpc) is 2.44. The minimum absolute atomic E-state index is 0.175.